The quantitative estimate of drug-likeness (QED) is 0.540. The van der Waals surface area contributed by atoms with Crippen LogP contribution >= 0.6 is 0 Å². The second-order valence-electron chi connectivity index (χ2n) is 7.99. The molecule has 1 fully saturated rings. The molecule has 30 heavy (non-hydrogen) atoms. The number of nitrogens with one attached hydrogen (secondary N) is 2. The van der Waals surface area contributed by atoms with E-state index in [-0.39, 0.29) is 11.8 Å². The Morgan fingerprint density at radius 1 is 1.17 bits per heavy atom. The lowest BCUT2D eigenvalue weighted by Gasteiger charge is -2.39. The van der Waals surface area contributed by atoms with Gasteiger partial charge in [0.05, 0.1) is 0 Å². The van der Waals surface area contributed by atoms with Gasteiger partial charge in [-0.2, -0.15) is 13.2 Å². The summed E-state index contributed by atoms with van der Waals surface area (Å²) in [6, 6.07) is 6.13. The maximum atomic E-state index is 12.9. The van der Waals surface area contributed by atoms with Crippen LogP contribution in [0.4, 0.5) is 18.9 Å². The van der Waals surface area contributed by atoms with Gasteiger partial charge in [-0.3, -0.25) is 14.7 Å². The lowest BCUT2D eigenvalue weighted by molar-refractivity contribution is -0.181. The number of benzene rings is 1. The van der Waals surface area contributed by atoms with Crippen molar-refractivity contribution in [3.8, 4) is 0 Å². The number of carbonyl (C=O) groups excluding carboxylic acids is 1. The van der Waals surface area contributed by atoms with Crippen molar-refractivity contribution in [2.45, 2.75) is 46.0 Å². The van der Waals surface area contributed by atoms with E-state index in [1.165, 1.54) is 11.8 Å². The summed E-state index contributed by atoms with van der Waals surface area (Å²) >= 11 is 0. The van der Waals surface area contributed by atoms with Crippen LogP contribution in [0.5, 0.6) is 0 Å². The van der Waals surface area contributed by atoms with E-state index in [9.17, 15) is 18.0 Å². The van der Waals surface area contributed by atoms with Crippen LogP contribution in [0.25, 0.3) is 0 Å². The fourth-order valence-electron chi connectivity index (χ4n) is 3.38. The van der Waals surface area contributed by atoms with Gasteiger partial charge >= 0.3 is 6.18 Å². The summed E-state index contributed by atoms with van der Waals surface area (Å²) in [6.45, 7) is 7.31. The van der Waals surface area contributed by atoms with E-state index in [2.05, 4.69) is 15.6 Å². The van der Waals surface area contributed by atoms with Gasteiger partial charge < -0.3 is 15.5 Å². The summed E-state index contributed by atoms with van der Waals surface area (Å²) in [6.07, 6.45) is -3.74. The fraction of sp³-hybridized carbons (Fsp3) is 0.619. The van der Waals surface area contributed by atoms with E-state index in [4.69, 9.17) is 0 Å². The van der Waals surface area contributed by atoms with Crippen molar-refractivity contribution in [1.29, 1.82) is 0 Å². The molecule has 1 atom stereocenters. The van der Waals surface area contributed by atoms with Crippen LogP contribution in [-0.2, 0) is 11.3 Å². The molecule has 6 nitrogen and oxygen atoms in total. The maximum absolute atomic E-state index is 12.9. The molecule has 0 spiro atoms. The summed E-state index contributed by atoms with van der Waals surface area (Å²) in [5.74, 6) is 0.929. The molecular weight excluding hydrogens is 395 g/mol. The standard InChI is InChI=1S/C21H32F3N5O/c1-15(2)12-19(30)27-18-7-5-6-17(13-18)14-26-20(25-4)29-10-8-28(9-11-29)16(3)21(22,23)24/h5-7,13,15-16H,8-12,14H2,1-4H3,(H,25,26)(H,27,30). The summed E-state index contributed by atoms with van der Waals surface area (Å²) in [7, 11) is 1.66. The van der Waals surface area contributed by atoms with Crippen LogP contribution in [0.2, 0.25) is 0 Å². The molecule has 1 aromatic rings. The Morgan fingerprint density at radius 2 is 1.83 bits per heavy atom. The van der Waals surface area contributed by atoms with E-state index >= 15 is 0 Å². The summed E-state index contributed by atoms with van der Waals surface area (Å²) in [4.78, 5) is 19.7. The highest BCUT2D eigenvalue weighted by molar-refractivity contribution is 5.90. The third-order valence-corrected chi connectivity index (χ3v) is 5.10. The Hall–Kier alpha value is -2.29. The number of hydrogen-bond acceptors (Lipinski definition) is 3. The van der Waals surface area contributed by atoms with Crippen LogP contribution in [0.15, 0.2) is 29.3 Å². The summed E-state index contributed by atoms with van der Waals surface area (Å²) < 4.78 is 38.8. The highest BCUT2D eigenvalue weighted by atomic mass is 19.4. The highest BCUT2D eigenvalue weighted by Gasteiger charge is 2.41. The van der Waals surface area contributed by atoms with E-state index in [1.807, 2.05) is 43.0 Å². The van der Waals surface area contributed by atoms with Crippen molar-refractivity contribution in [2.75, 3.05) is 38.5 Å². The van der Waals surface area contributed by atoms with Crippen LogP contribution in [0.3, 0.4) is 0 Å². The molecule has 1 saturated heterocycles. The molecule has 2 rings (SSSR count). The maximum Gasteiger partial charge on any atom is 0.403 e. The van der Waals surface area contributed by atoms with Gasteiger partial charge in [-0.25, -0.2) is 0 Å². The molecule has 1 aromatic carbocycles. The smallest absolute Gasteiger partial charge is 0.352 e. The van der Waals surface area contributed by atoms with Crippen LogP contribution < -0.4 is 10.6 Å². The Balaban J connectivity index is 1.88. The zero-order valence-corrected chi connectivity index (χ0v) is 18.1. The van der Waals surface area contributed by atoms with Gasteiger partial charge in [0, 0.05) is 51.9 Å². The average molecular weight is 428 g/mol. The summed E-state index contributed by atoms with van der Waals surface area (Å²) in [5, 5.41) is 6.17. The van der Waals surface area contributed by atoms with E-state index in [1.54, 1.807) is 7.05 Å². The second kappa shape index (κ2) is 10.7. The van der Waals surface area contributed by atoms with E-state index in [0.717, 1.165) is 11.3 Å². The molecule has 0 aliphatic carbocycles. The normalized spacial score (nSPS) is 17.2. The van der Waals surface area contributed by atoms with Crippen molar-refractivity contribution in [2.24, 2.45) is 10.9 Å². The molecule has 0 bridgehead atoms. The molecule has 9 heteroatoms. The van der Waals surface area contributed by atoms with Crippen LogP contribution in [0.1, 0.15) is 32.8 Å². The predicted molar refractivity (Wildman–Crippen MR) is 113 cm³/mol. The number of guanidine groups is 1. The molecule has 1 unspecified atom stereocenters. The van der Waals surface area contributed by atoms with Gasteiger partial charge in [0.2, 0.25) is 5.91 Å². The first-order valence-electron chi connectivity index (χ1n) is 10.2. The van der Waals surface area contributed by atoms with E-state index in [0.29, 0.717) is 45.1 Å². The minimum Gasteiger partial charge on any atom is -0.352 e. The molecule has 2 N–H and O–H groups in total. The molecule has 1 amide bonds. The Labute approximate surface area is 176 Å². The number of carbonyl (C=O) groups is 1. The molecule has 0 aromatic heterocycles. The first-order valence-corrected chi connectivity index (χ1v) is 10.2. The zero-order chi connectivity index (χ0) is 22.3. The molecule has 1 heterocycles. The lowest BCUT2D eigenvalue weighted by atomic mass is 10.1. The summed E-state index contributed by atoms with van der Waals surface area (Å²) in [5.41, 5.74) is 1.72. The second-order valence-corrected chi connectivity index (χ2v) is 7.99. The van der Waals surface area contributed by atoms with Gasteiger partial charge in [0.15, 0.2) is 5.96 Å². The van der Waals surface area contributed by atoms with Gasteiger partial charge in [-0.15, -0.1) is 0 Å². The lowest BCUT2D eigenvalue weighted by Crippen LogP contribution is -2.56. The first kappa shape index (κ1) is 24.0. The largest absolute Gasteiger partial charge is 0.403 e. The van der Waals surface area contributed by atoms with Crippen molar-refractivity contribution >= 4 is 17.6 Å². The van der Waals surface area contributed by atoms with Crippen LogP contribution in [-0.4, -0.2) is 67.1 Å². The molecule has 0 saturated carbocycles. The molecule has 0 radical (unpaired) electrons. The number of rotatable bonds is 6. The van der Waals surface area contributed by atoms with E-state index < -0.39 is 12.2 Å². The van der Waals surface area contributed by atoms with Gasteiger partial charge in [-0.1, -0.05) is 26.0 Å². The minimum atomic E-state index is -4.21. The minimum absolute atomic E-state index is 0.0168. The van der Waals surface area contributed by atoms with Crippen LogP contribution in [0, 0.1) is 5.92 Å². The van der Waals surface area contributed by atoms with Crippen molar-refractivity contribution < 1.29 is 18.0 Å². The molecule has 1 aliphatic heterocycles. The Bertz CT molecular complexity index is 728. The number of piperazine rings is 1. The Morgan fingerprint density at radius 3 is 2.40 bits per heavy atom. The predicted octanol–water partition coefficient (Wildman–Crippen LogP) is 3.32. The number of nitrogens with zero attached hydrogens (tertiary/aromatic N) is 3. The number of aliphatic imine (C=N–C) groups is 1. The number of anilines is 1. The Kier molecular flexibility index (Phi) is 8.52. The average Bonchev–Trinajstić information content (AvgIpc) is 2.67. The van der Waals surface area contributed by atoms with Gasteiger partial charge in [0.25, 0.3) is 0 Å². The number of amides is 1. The van der Waals surface area contributed by atoms with Crippen molar-refractivity contribution in [3.63, 3.8) is 0 Å². The highest BCUT2D eigenvalue weighted by Crippen LogP contribution is 2.25. The van der Waals surface area contributed by atoms with Gasteiger partial charge in [-0.05, 0) is 30.5 Å². The number of alkyl halides is 3. The number of hydrogen-bond donors (Lipinski definition) is 2. The topological polar surface area (TPSA) is 60.0 Å². The fourth-order valence-corrected chi connectivity index (χ4v) is 3.38. The first-order chi connectivity index (χ1) is 14.1. The van der Waals surface area contributed by atoms with Gasteiger partial charge in [0.1, 0.15) is 6.04 Å². The van der Waals surface area contributed by atoms with Crippen molar-refractivity contribution in [3.05, 3.63) is 29.8 Å². The number of halogens is 3. The third kappa shape index (κ3) is 7.19. The molecule has 168 valence electrons. The molecule has 1 aliphatic rings. The zero-order valence-electron chi connectivity index (χ0n) is 18.1. The molecular formula is C21H32F3N5O. The van der Waals surface area contributed by atoms with Crippen molar-refractivity contribution in [1.82, 2.24) is 15.1 Å². The SMILES string of the molecule is CN=C(NCc1cccc(NC(=O)CC(C)C)c1)N1CCN(C(C)C(F)(F)F)CC1. The third-order valence-electron chi connectivity index (χ3n) is 5.10. The monoisotopic (exact) mass is 427 g/mol.